The van der Waals surface area contributed by atoms with Crippen molar-refractivity contribution < 1.29 is 22.7 Å². The third-order valence-corrected chi connectivity index (χ3v) is 9.69. The number of hydrogen-bond acceptors (Lipinski definition) is 10. The van der Waals surface area contributed by atoms with Crippen LogP contribution in [0.4, 0.5) is 10.7 Å². The number of rotatable bonds is 8. The van der Waals surface area contributed by atoms with Crippen molar-refractivity contribution in [2.24, 2.45) is 0 Å². The zero-order valence-corrected chi connectivity index (χ0v) is 29.1. The van der Waals surface area contributed by atoms with Crippen LogP contribution in [-0.4, -0.2) is 64.1 Å². The van der Waals surface area contributed by atoms with E-state index in [1.807, 2.05) is 70.2 Å². The maximum absolute atomic E-state index is 13.3. The average molecular weight is 681 g/mol. The highest BCUT2D eigenvalue weighted by molar-refractivity contribution is 7.90. The number of benzene rings is 2. The molecule has 0 spiro atoms. The van der Waals surface area contributed by atoms with Crippen LogP contribution in [0.1, 0.15) is 50.4 Å². The lowest BCUT2D eigenvalue weighted by Crippen LogP contribution is -2.47. The molecule has 12 heteroatoms. The van der Waals surface area contributed by atoms with E-state index in [2.05, 4.69) is 20.3 Å². The Bertz CT molecular complexity index is 2110. The minimum atomic E-state index is -3.69. The van der Waals surface area contributed by atoms with Gasteiger partial charge in [-0.15, -0.1) is 0 Å². The summed E-state index contributed by atoms with van der Waals surface area (Å²) in [6.07, 6.45) is 4.69. The fourth-order valence-electron chi connectivity index (χ4n) is 5.85. The molecule has 1 saturated heterocycles. The van der Waals surface area contributed by atoms with Crippen molar-refractivity contribution in [3.05, 3.63) is 95.9 Å². The van der Waals surface area contributed by atoms with Gasteiger partial charge in [0, 0.05) is 42.6 Å². The fraction of sp³-hybridized carbons (Fsp3) is 0.324. The quantitative estimate of drug-likeness (QED) is 0.178. The van der Waals surface area contributed by atoms with Gasteiger partial charge in [0.1, 0.15) is 11.4 Å². The third kappa shape index (κ3) is 7.97. The lowest BCUT2D eigenvalue weighted by molar-refractivity contribution is 0.0206. The normalized spacial score (nSPS) is 15.2. The Morgan fingerprint density at radius 1 is 0.939 bits per heavy atom. The van der Waals surface area contributed by atoms with Crippen molar-refractivity contribution in [2.75, 3.05) is 18.4 Å². The molecular weight excluding hydrogens is 641 g/mol. The molecule has 5 aromatic rings. The number of nitrogens with zero attached hydrogens (tertiary/aromatic N) is 5. The van der Waals surface area contributed by atoms with Crippen LogP contribution in [0.2, 0.25) is 0 Å². The van der Waals surface area contributed by atoms with Gasteiger partial charge >= 0.3 is 6.09 Å². The highest BCUT2D eigenvalue weighted by atomic mass is 32.2. The second-order valence-electron chi connectivity index (χ2n) is 13.2. The monoisotopic (exact) mass is 680 g/mol. The summed E-state index contributed by atoms with van der Waals surface area (Å²) in [5, 5.41) is 4.97. The summed E-state index contributed by atoms with van der Waals surface area (Å²) in [5.41, 5.74) is 2.85. The van der Waals surface area contributed by atoms with Crippen molar-refractivity contribution in [1.29, 1.82) is 0 Å². The first-order chi connectivity index (χ1) is 23.4. The number of carbonyl (C=O) groups excluding carboxylic acids is 1. The summed E-state index contributed by atoms with van der Waals surface area (Å²) in [6, 6.07) is 19.8. The lowest BCUT2D eigenvalue weighted by Gasteiger charge is -2.34. The zero-order valence-electron chi connectivity index (χ0n) is 28.3. The van der Waals surface area contributed by atoms with Crippen LogP contribution < -0.4 is 10.1 Å². The first-order valence-electron chi connectivity index (χ1n) is 16.2. The standard InChI is InChI=1S/C37H40N6O5S/c1-24-16-17-28-26(23-49(45,46)32-15-6-10-25(2)40-32)11-7-13-29(28)33(24)47-34-30(14-8-19-38-34)31-18-20-39-35(42-31)41-27-12-9-21-43(22-27)36(44)48-37(3,4)5/h6-8,10-11,13-20,27H,9,12,21-23H2,1-5H3,(H,39,41,42)/t27-/m0/s1. The minimum absolute atomic E-state index is 0.0424. The van der Waals surface area contributed by atoms with E-state index in [1.165, 1.54) is 6.07 Å². The number of ether oxygens (including phenoxy) is 2. The number of likely N-dealkylation sites (tertiary alicyclic amines) is 1. The number of sulfone groups is 1. The number of anilines is 1. The highest BCUT2D eigenvalue weighted by Crippen LogP contribution is 2.38. The average Bonchev–Trinajstić information content (AvgIpc) is 3.06. The van der Waals surface area contributed by atoms with Crippen LogP contribution in [0.5, 0.6) is 11.6 Å². The number of amides is 1. The van der Waals surface area contributed by atoms with E-state index in [4.69, 9.17) is 14.5 Å². The predicted octanol–water partition coefficient (Wildman–Crippen LogP) is 7.28. The summed E-state index contributed by atoms with van der Waals surface area (Å²) >= 11 is 0. The first kappa shape index (κ1) is 33.8. The molecule has 0 unspecified atom stereocenters. The van der Waals surface area contributed by atoms with Crippen LogP contribution >= 0.6 is 0 Å². The van der Waals surface area contributed by atoms with E-state index in [9.17, 15) is 13.2 Å². The molecule has 6 rings (SSSR count). The van der Waals surface area contributed by atoms with E-state index in [0.29, 0.717) is 53.2 Å². The lowest BCUT2D eigenvalue weighted by atomic mass is 10.0. The molecule has 254 valence electrons. The molecule has 2 aromatic carbocycles. The molecule has 0 aliphatic carbocycles. The van der Waals surface area contributed by atoms with E-state index in [-0.39, 0.29) is 22.9 Å². The Morgan fingerprint density at radius 3 is 2.55 bits per heavy atom. The van der Waals surface area contributed by atoms with Gasteiger partial charge < -0.3 is 19.7 Å². The topological polar surface area (TPSA) is 136 Å². The molecule has 1 aliphatic heterocycles. The minimum Gasteiger partial charge on any atom is -0.444 e. The van der Waals surface area contributed by atoms with Crippen molar-refractivity contribution in [1.82, 2.24) is 24.8 Å². The number of fused-ring (bicyclic) bond motifs is 1. The van der Waals surface area contributed by atoms with E-state index in [1.54, 1.807) is 42.4 Å². The molecule has 11 nitrogen and oxygen atoms in total. The zero-order chi connectivity index (χ0) is 34.8. The summed E-state index contributed by atoms with van der Waals surface area (Å²) in [5.74, 6) is 1.14. The third-order valence-electron chi connectivity index (χ3n) is 8.13. The van der Waals surface area contributed by atoms with Gasteiger partial charge in [-0.3, -0.25) is 0 Å². The van der Waals surface area contributed by atoms with Crippen molar-refractivity contribution in [2.45, 2.75) is 69.9 Å². The molecule has 1 fully saturated rings. The van der Waals surface area contributed by atoms with Crippen LogP contribution in [0.15, 0.2) is 84.1 Å². The van der Waals surface area contributed by atoms with Crippen molar-refractivity contribution in [3.63, 3.8) is 0 Å². The van der Waals surface area contributed by atoms with E-state index < -0.39 is 15.4 Å². The fourth-order valence-corrected chi connectivity index (χ4v) is 7.23. The summed E-state index contributed by atoms with van der Waals surface area (Å²) in [4.78, 5) is 32.5. The van der Waals surface area contributed by atoms with Gasteiger partial charge in [0.05, 0.1) is 17.0 Å². The Kier molecular flexibility index (Phi) is 9.51. The Balaban J connectivity index is 1.26. The van der Waals surface area contributed by atoms with Crippen LogP contribution in [0.25, 0.3) is 22.0 Å². The molecule has 1 aliphatic rings. The maximum atomic E-state index is 13.3. The number of hydrogen-bond donors (Lipinski definition) is 1. The van der Waals surface area contributed by atoms with Crippen LogP contribution in [0.3, 0.4) is 0 Å². The summed E-state index contributed by atoms with van der Waals surface area (Å²) in [7, 11) is -3.69. The first-order valence-corrected chi connectivity index (χ1v) is 17.9. The molecule has 4 heterocycles. The van der Waals surface area contributed by atoms with E-state index >= 15 is 0 Å². The van der Waals surface area contributed by atoms with Gasteiger partial charge in [-0.05, 0) is 94.3 Å². The molecule has 3 aromatic heterocycles. The second-order valence-corrected chi connectivity index (χ2v) is 15.2. The Morgan fingerprint density at radius 2 is 1.76 bits per heavy atom. The highest BCUT2D eigenvalue weighted by Gasteiger charge is 2.28. The van der Waals surface area contributed by atoms with Gasteiger partial charge in [0.2, 0.25) is 11.8 Å². The SMILES string of the molecule is Cc1cccc(S(=O)(=O)Cc2cccc3c(Oc4ncccc4-c4ccnc(N[C@H]5CCCN(C(=O)OC(C)(C)C)C5)n4)c(C)ccc23)n1. The van der Waals surface area contributed by atoms with Crippen molar-refractivity contribution in [3.8, 4) is 22.9 Å². The maximum Gasteiger partial charge on any atom is 0.410 e. The predicted molar refractivity (Wildman–Crippen MR) is 188 cm³/mol. The van der Waals surface area contributed by atoms with E-state index in [0.717, 1.165) is 29.2 Å². The summed E-state index contributed by atoms with van der Waals surface area (Å²) < 4.78 is 38.8. The van der Waals surface area contributed by atoms with Gasteiger partial charge in [-0.2, -0.15) is 0 Å². The molecule has 1 atom stereocenters. The Hall–Kier alpha value is -5.10. The molecule has 0 saturated carbocycles. The molecule has 1 amide bonds. The number of aryl methyl sites for hydroxylation is 2. The molecular formula is C37H40N6O5S. The van der Waals surface area contributed by atoms with Gasteiger partial charge in [-0.1, -0.05) is 36.4 Å². The molecule has 0 bridgehead atoms. The molecule has 1 N–H and O–H groups in total. The smallest absolute Gasteiger partial charge is 0.410 e. The number of pyridine rings is 2. The van der Waals surface area contributed by atoms with Crippen LogP contribution in [-0.2, 0) is 20.3 Å². The number of aromatic nitrogens is 4. The second kappa shape index (κ2) is 13.8. The number of carbonyl (C=O) groups is 1. The van der Waals surface area contributed by atoms with Gasteiger partial charge in [-0.25, -0.2) is 33.1 Å². The number of piperidine rings is 1. The molecule has 49 heavy (non-hydrogen) atoms. The largest absolute Gasteiger partial charge is 0.444 e. The van der Waals surface area contributed by atoms with Crippen molar-refractivity contribution >= 4 is 32.7 Å². The van der Waals surface area contributed by atoms with Gasteiger partial charge in [0.25, 0.3) is 0 Å². The van der Waals surface area contributed by atoms with Gasteiger partial charge in [0.15, 0.2) is 14.9 Å². The Labute approximate surface area is 286 Å². The number of nitrogens with one attached hydrogen (secondary N) is 1. The van der Waals surface area contributed by atoms with Crippen LogP contribution in [0, 0.1) is 13.8 Å². The molecule has 0 radical (unpaired) electrons. The summed E-state index contributed by atoms with van der Waals surface area (Å²) in [6.45, 7) is 10.4.